The molecule has 0 unspecified atom stereocenters. The highest BCUT2D eigenvalue weighted by atomic mass is 16.5. The van der Waals surface area contributed by atoms with E-state index < -0.39 is 0 Å². The fourth-order valence-corrected chi connectivity index (χ4v) is 2.42. The van der Waals surface area contributed by atoms with Crippen molar-refractivity contribution in [1.82, 2.24) is 0 Å². The number of aryl methyl sites for hydroxylation is 1. The van der Waals surface area contributed by atoms with E-state index in [4.69, 9.17) is 4.74 Å². The average molecular weight is 247 g/mol. The van der Waals surface area contributed by atoms with Gasteiger partial charge >= 0.3 is 0 Å². The van der Waals surface area contributed by atoms with E-state index in [2.05, 4.69) is 13.8 Å². The summed E-state index contributed by atoms with van der Waals surface area (Å²) >= 11 is 0. The number of ether oxygens (including phenoxy) is 1. The molecular formula is C15H21NO2. The molecule has 1 aliphatic rings. The molecule has 1 aromatic rings. The highest BCUT2D eigenvalue weighted by Gasteiger charge is 2.23. The lowest BCUT2D eigenvalue weighted by atomic mass is 10.00. The van der Waals surface area contributed by atoms with Gasteiger partial charge in [-0.3, -0.25) is 4.79 Å². The molecule has 3 heteroatoms. The van der Waals surface area contributed by atoms with Crippen molar-refractivity contribution >= 4 is 11.6 Å². The summed E-state index contributed by atoms with van der Waals surface area (Å²) in [5.74, 6) is 1.50. The first-order valence-electron chi connectivity index (χ1n) is 6.59. The van der Waals surface area contributed by atoms with Crippen molar-refractivity contribution in [2.75, 3.05) is 18.6 Å². The Morgan fingerprint density at radius 1 is 1.44 bits per heavy atom. The minimum absolute atomic E-state index is 0.233. The van der Waals surface area contributed by atoms with E-state index in [1.807, 2.05) is 23.1 Å². The van der Waals surface area contributed by atoms with Gasteiger partial charge in [0.25, 0.3) is 0 Å². The fourth-order valence-electron chi connectivity index (χ4n) is 2.42. The zero-order valence-electron chi connectivity index (χ0n) is 11.4. The average Bonchev–Trinajstić information content (AvgIpc) is 2.36. The van der Waals surface area contributed by atoms with Gasteiger partial charge in [-0.1, -0.05) is 13.8 Å². The van der Waals surface area contributed by atoms with Gasteiger partial charge < -0.3 is 9.64 Å². The van der Waals surface area contributed by atoms with Crippen LogP contribution in [0.15, 0.2) is 18.2 Å². The van der Waals surface area contributed by atoms with Crippen molar-refractivity contribution in [1.29, 1.82) is 0 Å². The number of amides is 1. The molecule has 0 bridgehead atoms. The predicted octanol–water partition coefficient (Wildman–Crippen LogP) is 3.02. The standard InChI is InChI=1S/C15H21NO2/c1-11(2)9-15(17)16-8-4-5-12-10-13(18-3)6-7-14(12)16/h6-7,10-11H,4-5,8-9H2,1-3H3. The number of carbonyl (C=O) groups excluding carboxylic acids is 1. The Balaban J connectivity index is 2.25. The Bertz CT molecular complexity index is 440. The molecule has 0 spiro atoms. The van der Waals surface area contributed by atoms with E-state index in [0.29, 0.717) is 12.3 Å². The number of fused-ring (bicyclic) bond motifs is 1. The van der Waals surface area contributed by atoms with Gasteiger partial charge in [-0.05, 0) is 42.5 Å². The Labute approximate surface area is 109 Å². The lowest BCUT2D eigenvalue weighted by molar-refractivity contribution is -0.119. The van der Waals surface area contributed by atoms with Crippen LogP contribution in [0.4, 0.5) is 5.69 Å². The molecule has 0 aliphatic carbocycles. The minimum Gasteiger partial charge on any atom is -0.497 e. The number of anilines is 1. The quantitative estimate of drug-likeness (QED) is 0.821. The van der Waals surface area contributed by atoms with Crippen molar-refractivity contribution in [3.05, 3.63) is 23.8 Å². The summed E-state index contributed by atoms with van der Waals surface area (Å²) in [6, 6.07) is 5.98. The Morgan fingerprint density at radius 2 is 2.22 bits per heavy atom. The number of hydrogen-bond acceptors (Lipinski definition) is 2. The predicted molar refractivity (Wildman–Crippen MR) is 73.1 cm³/mol. The van der Waals surface area contributed by atoms with E-state index in [1.54, 1.807) is 7.11 Å². The summed E-state index contributed by atoms with van der Waals surface area (Å²) in [7, 11) is 1.67. The topological polar surface area (TPSA) is 29.5 Å². The maximum Gasteiger partial charge on any atom is 0.227 e. The molecule has 2 rings (SSSR count). The normalized spacial score (nSPS) is 14.6. The van der Waals surface area contributed by atoms with E-state index >= 15 is 0 Å². The molecule has 0 saturated carbocycles. The lowest BCUT2D eigenvalue weighted by Gasteiger charge is -2.30. The monoisotopic (exact) mass is 247 g/mol. The van der Waals surface area contributed by atoms with Crippen LogP contribution in [0.2, 0.25) is 0 Å². The smallest absolute Gasteiger partial charge is 0.227 e. The van der Waals surface area contributed by atoms with E-state index in [9.17, 15) is 4.79 Å². The first-order chi connectivity index (χ1) is 8.61. The molecule has 1 heterocycles. The van der Waals surface area contributed by atoms with Gasteiger partial charge in [0.15, 0.2) is 0 Å². The molecule has 0 N–H and O–H groups in total. The third kappa shape index (κ3) is 2.66. The van der Waals surface area contributed by atoms with Crippen LogP contribution in [0.25, 0.3) is 0 Å². The summed E-state index contributed by atoms with van der Waals surface area (Å²) < 4.78 is 5.24. The molecule has 0 radical (unpaired) electrons. The highest BCUT2D eigenvalue weighted by Crippen LogP contribution is 2.31. The minimum atomic E-state index is 0.233. The van der Waals surface area contributed by atoms with Gasteiger partial charge in [0, 0.05) is 18.7 Å². The molecule has 0 aromatic heterocycles. The van der Waals surface area contributed by atoms with Crippen LogP contribution in [0.5, 0.6) is 5.75 Å². The Kier molecular flexibility index (Phi) is 3.90. The molecule has 98 valence electrons. The maximum absolute atomic E-state index is 12.2. The highest BCUT2D eigenvalue weighted by molar-refractivity contribution is 5.94. The van der Waals surface area contributed by atoms with Crippen molar-refractivity contribution in [3.63, 3.8) is 0 Å². The van der Waals surface area contributed by atoms with Crippen molar-refractivity contribution in [3.8, 4) is 5.75 Å². The third-order valence-corrected chi connectivity index (χ3v) is 3.29. The lowest BCUT2D eigenvalue weighted by Crippen LogP contribution is -2.36. The van der Waals surface area contributed by atoms with Crippen molar-refractivity contribution in [2.45, 2.75) is 33.1 Å². The number of rotatable bonds is 3. The van der Waals surface area contributed by atoms with Crippen molar-refractivity contribution in [2.24, 2.45) is 5.92 Å². The van der Waals surface area contributed by atoms with Gasteiger partial charge in [-0.2, -0.15) is 0 Å². The summed E-state index contributed by atoms with van der Waals surface area (Å²) in [5, 5.41) is 0. The first-order valence-corrected chi connectivity index (χ1v) is 6.59. The second kappa shape index (κ2) is 5.42. The summed E-state index contributed by atoms with van der Waals surface area (Å²) in [6.07, 6.45) is 2.67. The van der Waals surface area contributed by atoms with Crippen LogP contribution < -0.4 is 9.64 Å². The van der Waals surface area contributed by atoms with Gasteiger partial charge in [-0.25, -0.2) is 0 Å². The van der Waals surface area contributed by atoms with Gasteiger partial charge in [0.1, 0.15) is 5.75 Å². The summed E-state index contributed by atoms with van der Waals surface area (Å²) in [5.41, 5.74) is 2.28. The Hall–Kier alpha value is -1.51. The van der Waals surface area contributed by atoms with Gasteiger partial charge in [0.2, 0.25) is 5.91 Å². The zero-order valence-corrected chi connectivity index (χ0v) is 11.4. The molecule has 3 nitrogen and oxygen atoms in total. The van der Waals surface area contributed by atoms with Gasteiger partial charge in [0.05, 0.1) is 7.11 Å². The fraction of sp³-hybridized carbons (Fsp3) is 0.533. The molecule has 0 fully saturated rings. The SMILES string of the molecule is COc1ccc2c(c1)CCCN2C(=O)CC(C)C. The van der Waals surface area contributed by atoms with E-state index in [1.165, 1.54) is 5.56 Å². The number of carbonyl (C=O) groups is 1. The molecule has 0 atom stereocenters. The summed E-state index contributed by atoms with van der Waals surface area (Å²) in [4.78, 5) is 14.1. The number of methoxy groups -OCH3 is 1. The van der Waals surface area contributed by atoms with Crippen LogP contribution >= 0.6 is 0 Å². The van der Waals surface area contributed by atoms with Crippen LogP contribution in [-0.2, 0) is 11.2 Å². The Morgan fingerprint density at radius 3 is 2.89 bits per heavy atom. The molecule has 1 aliphatic heterocycles. The van der Waals surface area contributed by atoms with Crippen LogP contribution in [0.3, 0.4) is 0 Å². The van der Waals surface area contributed by atoms with E-state index in [0.717, 1.165) is 30.8 Å². The molecule has 0 saturated heterocycles. The molecule has 1 amide bonds. The summed E-state index contributed by atoms with van der Waals surface area (Å²) in [6.45, 7) is 5.00. The van der Waals surface area contributed by atoms with Crippen LogP contribution in [-0.4, -0.2) is 19.6 Å². The number of benzene rings is 1. The van der Waals surface area contributed by atoms with E-state index in [-0.39, 0.29) is 5.91 Å². The van der Waals surface area contributed by atoms with Crippen molar-refractivity contribution < 1.29 is 9.53 Å². The van der Waals surface area contributed by atoms with Crippen LogP contribution in [0.1, 0.15) is 32.3 Å². The maximum atomic E-state index is 12.2. The molecule has 18 heavy (non-hydrogen) atoms. The van der Waals surface area contributed by atoms with Crippen LogP contribution in [0, 0.1) is 5.92 Å². The second-order valence-corrected chi connectivity index (χ2v) is 5.24. The molecule has 1 aromatic carbocycles. The third-order valence-electron chi connectivity index (χ3n) is 3.29. The largest absolute Gasteiger partial charge is 0.497 e. The zero-order chi connectivity index (χ0) is 13.1. The first kappa shape index (κ1) is 12.9. The second-order valence-electron chi connectivity index (χ2n) is 5.24. The molecular weight excluding hydrogens is 226 g/mol. The van der Waals surface area contributed by atoms with Gasteiger partial charge in [-0.15, -0.1) is 0 Å². The number of nitrogens with zero attached hydrogens (tertiary/aromatic N) is 1. The number of hydrogen-bond donors (Lipinski definition) is 0.